The minimum Gasteiger partial charge on any atom is -0.481 e. The first-order valence-electron chi connectivity index (χ1n) is 6.19. The van der Waals surface area contributed by atoms with Crippen molar-refractivity contribution in [3.63, 3.8) is 0 Å². The molecule has 0 saturated carbocycles. The number of amides is 1. The largest absolute Gasteiger partial charge is 0.481 e. The summed E-state index contributed by atoms with van der Waals surface area (Å²) in [5.41, 5.74) is 0. The third kappa shape index (κ3) is 3.43. The number of hydrogen-bond acceptors (Lipinski definition) is 3. The fourth-order valence-electron chi connectivity index (χ4n) is 2.25. The van der Waals surface area contributed by atoms with Crippen molar-refractivity contribution < 1.29 is 14.7 Å². The molecule has 1 saturated heterocycles. The van der Waals surface area contributed by atoms with E-state index in [4.69, 9.17) is 5.11 Å². The van der Waals surface area contributed by atoms with Crippen LogP contribution in [0.5, 0.6) is 0 Å². The maximum atomic E-state index is 12.2. The lowest BCUT2D eigenvalue weighted by atomic mass is 10.1. The van der Waals surface area contributed by atoms with Crippen LogP contribution in [0.2, 0.25) is 0 Å². The lowest BCUT2D eigenvalue weighted by molar-refractivity contribution is -0.144. The number of nitrogens with zero attached hydrogens (tertiary/aromatic N) is 2. The molecule has 0 aliphatic carbocycles. The Morgan fingerprint density at radius 1 is 1.53 bits per heavy atom. The number of carboxylic acids is 1. The van der Waals surface area contributed by atoms with Crippen molar-refractivity contribution in [2.75, 3.05) is 20.1 Å². The van der Waals surface area contributed by atoms with Gasteiger partial charge in [-0.3, -0.25) is 14.5 Å². The molecule has 0 aromatic heterocycles. The third-order valence-corrected chi connectivity index (χ3v) is 3.45. The summed E-state index contributed by atoms with van der Waals surface area (Å²) in [5.74, 6) is -0.974. The highest BCUT2D eigenvalue weighted by Crippen LogP contribution is 2.18. The molecule has 0 spiro atoms. The van der Waals surface area contributed by atoms with Crippen LogP contribution in [0.15, 0.2) is 0 Å². The van der Waals surface area contributed by atoms with E-state index in [0.717, 1.165) is 25.9 Å². The van der Waals surface area contributed by atoms with E-state index in [1.165, 1.54) is 0 Å². The highest BCUT2D eigenvalue weighted by Gasteiger charge is 2.34. The second-order valence-electron chi connectivity index (χ2n) is 4.74. The predicted octanol–water partition coefficient (Wildman–Crippen LogP) is 0.792. The van der Waals surface area contributed by atoms with E-state index in [2.05, 4.69) is 0 Å². The Morgan fingerprint density at radius 2 is 2.18 bits per heavy atom. The SMILES string of the molecule is CCCN1CCC(C)N(C)C(=O)C1CC(=O)O. The van der Waals surface area contributed by atoms with Gasteiger partial charge in [0.05, 0.1) is 12.5 Å². The molecule has 2 atom stereocenters. The summed E-state index contributed by atoms with van der Waals surface area (Å²) in [5, 5.41) is 8.92. The van der Waals surface area contributed by atoms with E-state index in [-0.39, 0.29) is 18.4 Å². The Morgan fingerprint density at radius 3 is 2.71 bits per heavy atom. The van der Waals surface area contributed by atoms with Gasteiger partial charge in [0.25, 0.3) is 0 Å². The molecule has 98 valence electrons. The molecule has 1 heterocycles. The molecular formula is C12H22N2O3. The molecule has 0 aromatic carbocycles. The van der Waals surface area contributed by atoms with Crippen LogP contribution in [0.1, 0.15) is 33.1 Å². The van der Waals surface area contributed by atoms with Crippen molar-refractivity contribution in [1.29, 1.82) is 0 Å². The molecule has 1 aliphatic rings. The van der Waals surface area contributed by atoms with Gasteiger partial charge in [-0.15, -0.1) is 0 Å². The fraction of sp³-hybridized carbons (Fsp3) is 0.833. The van der Waals surface area contributed by atoms with Crippen LogP contribution in [-0.2, 0) is 9.59 Å². The number of hydrogen-bond donors (Lipinski definition) is 1. The highest BCUT2D eigenvalue weighted by molar-refractivity contribution is 5.86. The number of carboxylic acid groups (broad SMARTS) is 1. The van der Waals surface area contributed by atoms with Crippen LogP contribution >= 0.6 is 0 Å². The van der Waals surface area contributed by atoms with Gasteiger partial charge in [0.15, 0.2) is 0 Å². The molecule has 1 rings (SSSR count). The number of rotatable bonds is 4. The van der Waals surface area contributed by atoms with E-state index in [0.29, 0.717) is 0 Å². The minimum atomic E-state index is -0.910. The summed E-state index contributed by atoms with van der Waals surface area (Å²) in [6.07, 6.45) is 1.73. The predicted molar refractivity (Wildman–Crippen MR) is 64.8 cm³/mol. The van der Waals surface area contributed by atoms with E-state index < -0.39 is 12.0 Å². The monoisotopic (exact) mass is 242 g/mol. The van der Waals surface area contributed by atoms with Crippen LogP contribution < -0.4 is 0 Å². The molecule has 2 unspecified atom stereocenters. The Kier molecular flexibility index (Phi) is 4.93. The minimum absolute atomic E-state index is 0.0640. The standard InChI is InChI=1S/C12H22N2O3/c1-4-6-14-7-5-9(2)13(3)12(17)10(14)8-11(15)16/h9-10H,4-8H2,1-3H3,(H,15,16). The van der Waals surface area contributed by atoms with Gasteiger partial charge in [0.1, 0.15) is 0 Å². The second kappa shape index (κ2) is 6.00. The van der Waals surface area contributed by atoms with Crippen LogP contribution in [0, 0.1) is 0 Å². The average Bonchev–Trinajstić information content (AvgIpc) is 2.36. The summed E-state index contributed by atoms with van der Waals surface area (Å²) in [4.78, 5) is 26.8. The second-order valence-corrected chi connectivity index (χ2v) is 4.74. The van der Waals surface area contributed by atoms with Crippen molar-refractivity contribution >= 4 is 11.9 Å². The maximum Gasteiger partial charge on any atom is 0.305 e. The molecule has 5 nitrogen and oxygen atoms in total. The molecule has 0 radical (unpaired) electrons. The van der Waals surface area contributed by atoms with Gasteiger partial charge in [-0.1, -0.05) is 6.92 Å². The van der Waals surface area contributed by atoms with Crippen molar-refractivity contribution in [2.24, 2.45) is 0 Å². The molecule has 17 heavy (non-hydrogen) atoms. The lowest BCUT2D eigenvalue weighted by Crippen LogP contribution is -2.47. The quantitative estimate of drug-likeness (QED) is 0.792. The van der Waals surface area contributed by atoms with Gasteiger partial charge in [-0.05, 0) is 26.3 Å². The van der Waals surface area contributed by atoms with E-state index in [9.17, 15) is 9.59 Å². The van der Waals surface area contributed by atoms with Crippen LogP contribution in [0.25, 0.3) is 0 Å². The van der Waals surface area contributed by atoms with Crippen LogP contribution in [0.4, 0.5) is 0 Å². The van der Waals surface area contributed by atoms with Gasteiger partial charge in [-0.25, -0.2) is 0 Å². The molecular weight excluding hydrogens is 220 g/mol. The molecule has 1 fully saturated rings. The third-order valence-electron chi connectivity index (χ3n) is 3.45. The first kappa shape index (κ1) is 14.0. The summed E-state index contributed by atoms with van der Waals surface area (Å²) >= 11 is 0. The zero-order chi connectivity index (χ0) is 13.0. The summed E-state index contributed by atoms with van der Waals surface area (Å²) in [6, 6.07) is -0.317. The Balaban J connectivity index is 2.87. The summed E-state index contributed by atoms with van der Waals surface area (Å²) in [6.45, 7) is 5.62. The van der Waals surface area contributed by atoms with Gasteiger partial charge < -0.3 is 10.0 Å². The molecule has 1 aliphatic heterocycles. The zero-order valence-electron chi connectivity index (χ0n) is 10.8. The topological polar surface area (TPSA) is 60.9 Å². The number of aliphatic carboxylic acids is 1. The average molecular weight is 242 g/mol. The van der Waals surface area contributed by atoms with E-state index in [1.807, 2.05) is 18.7 Å². The maximum absolute atomic E-state index is 12.2. The van der Waals surface area contributed by atoms with Crippen molar-refractivity contribution in [2.45, 2.75) is 45.2 Å². The van der Waals surface area contributed by atoms with Crippen molar-refractivity contribution in [3.8, 4) is 0 Å². The molecule has 0 bridgehead atoms. The van der Waals surface area contributed by atoms with E-state index >= 15 is 0 Å². The van der Waals surface area contributed by atoms with Gasteiger partial charge in [0, 0.05) is 19.6 Å². The highest BCUT2D eigenvalue weighted by atomic mass is 16.4. The van der Waals surface area contributed by atoms with Gasteiger partial charge in [-0.2, -0.15) is 0 Å². The first-order chi connectivity index (χ1) is 7.97. The Hall–Kier alpha value is -1.10. The van der Waals surface area contributed by atoms with Crippen LogP contribution in [0.3, 0.4) is 0 Å². The van der Waals surface area contributed by atoms with E-state index in [1.54, 1.807) is 11.9 Å². The smallest absolute Gasteiger partial charge is 0.305 e. The number of likely N-dealkylation sites (N-methyl/N-ethyl adjacent to an activating group) is 1. The molecule has 1 amide bonds. The Labute approximate surface area is 102 Å². The number of carbonyl (C=O) groups excluding carboxylic acids is 1. The first-order valence-corrected chi connectivity index (χ1v) is 6.19. The van der Waals surface area contributed by atoms with Crippen LogP contribution in [-0.4, -0.2) is 59.0 Å². The van der Waals surface area contributed by atoms with Gasteiger partial charge >= 0.3 is 5.97 Å². The van der Waals surface area contributed by atoms with Crippen molar-refractivity contribution in [1.82, 2.24) is 9.80 Å². The molecule has 0 aromatic rings. The fourth-order valence-corrected chi connectivity index (χ4v) is 2.25. The van der Waals surface area contributed by atoms with Gasteiger partial charge in [0.2, 0.25) is 5.91 Å². The number of carbonyl (C=O) groups is 2. The summed E-state index contributed by atoms with van der Waals surface area (Å²) in [7, 11) is 1.76. The normalized spacial score (nSPS) is 27.0. The molecule has 1 N–H and O–H groups in total. The zero-order valence-corrected chi connectivity index (χ0v) is 10.8. The van der Waals surface area contributed by atoms with Crippen molar-refractivity contribution in [3.05, 3.63) is 0 Å². The summed E-state index contributed by atoms with van der Waals surface area (Å²) < 4.78 is 0. The molecule has 5 heteroatoms. The Bertz CT molecular complexity index is 293. The lowest BCUT2D eigenvalue weighted by Gasteiger charge is -2.28.